The fraction of sp³-hybridized carbons (Fsp3) is 0.333. The molecule has 0 radical (unpaired) electrons. The highest BCUT2D eigenvalue weighted by Crippen LogP contribution is 2.37. The average molecular weight is 362 g/mol. The minimum Gasteiger partial charge on any atom is -0.286 e. The van der Waals surface area contributed by atoms with E-state index in [1.165, 1.54) is 0 Å². The smallest absolute Gasteiger partial charge is 0.286 e. The first-order valence-corrected chi connectivity index (χ1v) is 6.27. The van der Waals surface area contributed by atoms with Crippen molar-refractivity contribution >= 4 is 11.6 Å². The fourth-order valence-electron chi connectivity index (χ4n) is 1.82. The SMILES string of the molecule is Cc1c(C(F)(F)C(F)F)ncn1-c1ncc(C(F)(F)F)cc1Cl. The molecule has 2 aromatic rings. The van der Waals surface area contributed by atoms with Gasteiger partial charge < -0.3 is 0 Å². The first-order chi connectivity index (χ1) is 10.5. The molecule has 126 valence electrons. The van der Waals surface area contributed by atoms with Crippen molar-refractivity contribution in [2.75, 3.05) is 0 Å². The molecule has 0 bridgehead atoms. The summed E-state index contributed by atoms with van der Waals surface area (Å²) in [5.74, 6) is -4.84. The Hall–Kier alpha value is -1.84. The van der Waals surface area contributed by atoms with E-state index in [2.05, 4.69) is 9.97 Å². The van der Waals surface area contributed by atoms with Crippen LogP contribution in [0.5, 0.6) is 0 Å². The minimum atomic E-state index is -4.69. The van der Waals surface area contributed by atoms with Gasteiger partial charge in [0, 0.05) is 6.20 Å². The van der Waals surface area contributed by atoms with Crippen LogP contribution in [0.1, 0.15) is 17.0 Å². The van der Waals surface area contributed by atoms with Crippen molar-refractivity contribution in [2.45, 2.75) is 25.4 Å². The molecule has 2 heterocycles. The molecule has 0 spiro atoms. The van der Waals surface area contributed by atoms with Crippen LogP contribution in [0.25, 0.3) is 5.82 Å². The molecule has 0 saturated carbocycles. The van der Waals surface area contributed by atoms with Crippen LogP contribution in [-0.4, -0.2) is 21.0 Å². The van der Waals surface area contributed by atoms with Crippen molar-refractivity contribution in [3.05, 3.63) is 40.6 Å². The van der Waals surface area contributed by atoms with Crippen molar-refractivity contribution in [3.8, 4) is 5.82 Å². The molecule has 0 unspecified atom stereocenters. The molecule has 0 atom stereocenters. The van der Waals surface area contributed by atoms with Crippen LogP contribution in [0.4, 0.5) is 30.7 Å². The molecular formula is C12H7ClF7N3. The number of hydrogen-bond donors (Lipinski definition) is 0. The first kappa shape index (κ1) is 17.5. The maximum absolute atomic E-state index is 13.4. The number of aromatic nitrogens is 3. The van der Waals surface area contributed by atoms with E-state index in [1.54, 1.807) is 0 Å². The molecule has 0 saturated heterocycles. The summed E-state index contributed by atoms with van der Waals surface area (Å²) in [6, 6.07) is 0.550. The monoisotopic (exact) mass is 361 g/mol. The van der Waals surface area contributed by atoms with E-state index in [0.717, 1.165) is 17.8 Å². The normalized spacial score (nSPS) is 13.0. The lowest BCUT2D eigenvalue weighted by Crippen LogP contribution is -2.25. The Morgan fingerprint density at radius 1 is 1.13 bits per heavy atom. The van der Waals surface area contributed by atoms with Gasteiger partial charge in [0.2, 0.25) is 0 Å². The van der Waals surface area contributed by atoms with E-state index in [9.17, 15) is 30.7 Å². The molecule has 23 heavy (non-hydrogen) atoms. The van der Waals surface area contributed by atoms with Crippen LogP contribution in [-0.2, 0) is 12.1 Å². The summed E-state index contributed by atoms with van der Waals surface area (Å²) >= 11 is 5.68. The first-order valence-electron chi connectivity index (χ1n) is 5.89. The molecule has 0 N–H and O–H groups in total. The van der Waals surface area contributed by atoms with E-state index < -0.39 is 40.5 Å². The van der Waals surface area contributed by atoms with Gasteiger partial charge in [-0.2, -0.15) is 22.0 Å². The van der Waals surface area contributed by atoms with E-state index in [4.69, 9.17) is 11.6 Å². The highest BCUT2D eigenvalue weighted by Gasteiger charge is 2.46. The second-order valence-corrected chi connectivity index (χ2v) is 4.91. The van der Waals surface area contributed by atoms with Gasteiger partial charge in [0.1, 0.15) is 12.0 Å². The summed E-state index contributed by atoms with van der Waals surface area (Å²) in [5.41, 5.74) is -2.75. The zero-order valence-electron chi connectivity index (χ0n) is 11.2. The van der Waals surface area contributed by atoms with Crippen molar-refractivity contribution in [3.63, 3.8) is 0 Å². The van der Waals surface area contributed by atoms with E-state index in [-0.39, 0.29) is 5.82 Å². The molecule has 0 aliphatic heterocycles. The lowest BCUT2D eigenvalue weighted by atomic mass is 10.2. The Kier molecular flexibility index (Phi) is 4.31. The van der Waals surface area contributed by atoms with Crippen LogP contribution in [0.15, 0.2) is 18.6 Å². The molecule has 0 aliphatic rings. The summed E-state index contributed by atoms with van der Waals surface area (Å²) in [4.78, 5) is 6.66. The van der Waals surface area contributed by atoms with Gasteiger partial charge in [0.05, 0.1) is 16.3 Å². The van der Waals surface area contributed by atoms with Gasteiger partial charge in [-0.3, -0.25) is 4.57 Å². The van der Waals surface area contributed by atoms with E-state index >= 15 is 0 Å². The minimum absolute atomic E-state index is 0.332. The predicted molar refractivity (Wildman–Crippen MR) is 66.0 cm³/mol. The lowest BCUT2D eigenvalue weighted by molar-refractivity contribution is -0.138. The maximum atomic E-state index is 13.4. The average Bonchev–Trinajstić information content (AvgIpc) is 2.79. The lowest BCUT2D eigenvalue weighted by Gasteiger charge is -2.15. The third kappa shape index (κ3) is 3.12. The van der Waals surface area contributed by atoms with Crippen LogP contribution < -0.4 is 0 Å². The number of alkyl halides is 7. The van der Waals surface area contributed by atoms with Crippen molar-refractivity contribution < 1.29 is 30.7 Å². The molecule has 0 aromatic carbocycles. The molecule has 0 fully saturated rings. The highest BCUT2D eigenvalue weighted by molar-refractivity contribution is 6.32. The van der Waals surface area contributed by atoms with Crippen molar-refractivity contribution in [1.82, 2.24) is 14.5 Å². The Bertz CT molecular complexity index is 724. The molecule has 0 amide bonds. The fourth-order valence-corrected chi connectivity index (χ4v) is 2.07. The van der Waals surface area contributed by atoms with Gasteiger partial charge in [0.15, 0.2) is 5.82 Å². The largest absolute Gasteiger partial charge is 0.417 e. The zero-order chi connectivity index (χ0) is 17.6. The number of halogens is 8. The molecular weight excluding hydrogens is 355 g/mol. The quantitative estimate of drug-likeness (QED) is 0.748. The van der Waals surface area contributed by atoms with E-state index in [0.29, 0.717) is 12.3 Å². The Balaban J connectivity index is 2.51. The maximum Gasteiger partial charge on any atom is 0.417 e. The van der Waals surface area contributed by atoms with Crippen molar-refractivity contribution in [1.29, 1.82) is 0 Å². The highest BCUT2D eigenvalue weighted by atomic mass is 35.5. The standard InChI is InChI=1S/C12H7ClF7N3/c1-5-8(11(16,17)10(14)15)22-4-23(5)9-7(13)2-6(3-21-9)12(18,19)20/h2-4,10H,1H3. The van der Waals surface area contributed by atoms with E-state index in [1.807, 2.05) is 0 Å². The van der Waals surface area contributed by atoms with Gasteiger partial charge >= 0.3 is 18.5 Å². The second kappa shape index (κ2) is 5.66. The van der Waals surface area contributed by atoms with Crippen LogP contribution >= 0.6 is 11.6 Å². The van der Waals surface area contributed by atoms with Gasteiger partial charge in [0.25, 0.3) is 0 Å². The van der Waals surface area contributed by atoms with Gasteiger partial charge in [-0.25, -0.2) is 18.7 Å². The number of hydrogen-bond acceptors (Lipinski definition) is 2. The molecule has 11 heteroatoms. The Labute approximate surface area is 129 Å². The molecule has 0 aliphatic carbocycles. The summed E-state index contributed by atoms with van der Waals surface area (Å²) in [6.45, 7) is 1.05. The number of nitrogens with zero attached hydrogens (tertiary/aromatic N) is 3. The van der Waals surface area contributed by atoms with Crippen LogP contribution in [0, 0.1) is 6.92 Å². The third-order valence-corrected chi connectivity index (χ3v) is 3.25. The van der Waals surface area contributed by atoms with Crippen LogP contribution in [0.3, 0.4) is 0 Å². The number of imidazole rings is 1. The van der Waals surface area contributed by atoms with Crippen molar-refractivity contribution in [2.24, 2.45) is 0 Å². The second-order valence-electron chi connectivity index (χ2n) is 4.50. The Morgan fingerprint density at radius 3 is 2.22 bits per heavy atom. The summed E-state index contributed by atoms with van der Waals surface area (Å²) in [6.07, 6.45) is -7.48. The van der Waals surface area contributed by atoms with Gasteiger partial charge in [-0.1, -0.05) is 11.6 Å². The molecule has 2 aromatic heterocycles. The van der Waals surface area contributed by atoms with Crippen LogP contribution in [0.2, 0.25) is 5.02 Å². The Morgan fingerprint density at radius 2 is 1.74 bits per heavy atom. The summed E-state index contributed by atoms with van der Waals surface area (Å²) in [7, 11) is 0. The number of rotatable bonds is 3. The van der Waals surface area contributed by atoms with Gasteiger partial charge in [-0.15, -0.1) is 0 Å². The van der Waals surface area contributed by atoms with Gasteiger partial charge in [-0.05, 0) is 13.0 Å². The number of pyridine rings is 1. The summed E-state index contributed by atoms with van der Waals surface area (Å²) in [5, 5.41) is -0.493. The topological polar surface area (TPSA) is 30.7 Å². The summed E-state index contributed by atoms with van der Waals surface area (Å²) < 4.78 is 89.9. The molecule has 2 rings (SSSR count). The predicted octanol–water partition coefficient (Wildman–Crippen LogP) is 4.60. The zero-order valence-corrected chi connectivity index (χ0v) is 11.9. The molecule has 3 nitrogen and oxygen atoms in total. The third-order valence-electron chi connectivity index (χ3n) is 2.97.